The van der Waals surface area contributed by atoms with Crippen LogP contribution < -0.4 is 10.3 Å². The highest BCUT2D eigenvalue weighted by atomic mass is 32.2. The standard InChI is InChI=1S/C27H25NO6S/c1-17(2)23-15-24-20(14-26(29)34-25(24)13-18(23)3)16-33-27(30)19-9-11-22(12-10-19)35(31,32)28-21-7-5-4-6-8-21/h4-15,17,28H,16H2,1-3H3. The Kier molecular flexibility index (Phi) is 6.75. The average Bonchev–Trinajstić information content (AvgIpc) is 2.82. The van der Waals surface area contributed by atoms with Gasteiger partial charge in [-0.05, 0) is 72.5 Å². The van der Waals surface area contributed by atoms with Gasteiger partial charge in [0.2, 0.25) is 0 Å². The van der Waals surface area contributed by atoms with Crippen molar-refractivity contribution in [1.29, 1.82) is 0 Å². The number of hydrogen-bond acceptors (Lipinski definition) is 6. The molecular formula is C27H25NO6S. The number of sulfonamides is 1. The molecule has 7 nitrogen and oxygen atoms in total. The second-order valence-electron chi connectivity index (χ2n) is 8.52. The number of carbonyl (C=O) groups is 1. The molecule has 0 atom stereocenters. The van der Waals surface area contributed by atoms with Gasteiger partial charge in [-0.2, -0.15) is 0 Å². The third-order valence-electron chi connectivity index (χ3n) is 5.62. The third-order valence-corrected chi connectivity index (χ3v) is 7.02. The second kappa shape index (κ2) is 9.76. The van der Waals surface area contributed by atoms with E-state index in [1.165, 1.54) is 30.3 Å². The Morgan fingerprint density at radius 3 is 2.34 bits per heavy atom. The number of esters is 1. The predicted octanol–water partition coefficient (Wildman–Crippen LogP) is 5.38. The van der Waals surface area contributed by atoms with Crippen molar-refractivity contribution in [3.63, 3.8) is 0 Å². The zero-order valence-corrected chi connectivity index (χ0v) is 20.4. The number of hydrogen-bond donors (Lipinski definition) is 1. The first-order chi connectivity index (χ1) is 16.6. The van der Waals surface area contributed by atoms with E-state index in [9.17, 15) is 18.0 Å². The van der Waals surface area contributed by atoms with E-state index >= 15 is 0 Å². The fraction of sp³-hybridized carbons (Fsp3) is 0.185. The average molecular weight is 492 g/mol. The Bertz CT molecular complexity index is 1540. The summed E-state index contributed by atoms with van der Waals surface area (Å²) in [6.07, 6.45) is 0. The molecule has 35 heavy (non-hydrogen) atoms. The van der Waals surface area contributed by atoms with Gasteiger partial charge in [0.25, 0.3) is 10.0 Å². The van der Waals surface area contributed by atoms with Gasteiger partial charge >= 0.3 is 11.6 Å². The van der Waals surface area contributed by atoms with Crippen molar-refractivity contribution < 1.29 is 22.4 Å². The summed E-state index contributed by atoms with van der Waals surface area (Å²) in [5.41, 5.74) is 3.20. The SMILES string of the molecule is Cc1cc2oc(=O)cc(COC(=O)c3ccc(S(=O)(=O)Nc4ccccc4)cc3)c2cc1C(C)C. The largest absolute Gasteiger partial charge is 0.457 e. The lowest BCUT2D eigenvalue weighted by molar-refractivity contribution is 0.0473. The molecule has 8 heteroatoms. The summed E-state index contributed by atoms with van der Waals surface area (Å²) in [5, 5.41) is 0.708. The predicted molar refractivity (Wildman–Crippen MR) is 134 cm³/mol. The van der Waals surface area contributed by atoms with E-state index in [-0.39, 0.29) is 23.0 Å². The van der Waals surface area contributed by atoms with Crippen LogP contribution in [0.15, 0.2) is 86.9 Å². The van der Waals surface area contributed by atoms with Crippen molar-refractivity contribution in [2.45, 2.75) is 38.2 Å². The van der Waals surface area contributed by atoms with E-state index in [0.29, 0.717) is 22.2 Å². The first kappa shape index (κ1) is 24.2. The van der Waals surface area contributed by atoms with Crippen LogP contribution in [0.5, 0.6) is 0 Å². The van der Waals surface area contributed by atoms with Gasteiger partial charge in [0.05, 0.1) is 10.5 Å². The number of aryl methyl sites for hydroxylation is 1. The van der Waals surface area contributed by atoms with Gasteiger partial charge in [0.1, 0.15) is 12.2 Å². The number of anilines is 1. The molecule has 0 aliphatic heterocycles. The minimum atomic E-state index is -3.80. The number of fused-ring (bicyclic) bond motifs is 1. The Labute approximate surface area is 203 Å². The normalized spacial score (nSPS) is 11.5. The Morgan fingerprint density at radius 2 is 1.69 bits per heavy atom. The molecule has 1 aromatic heterocycles. The van der Waals surface area contributed by atoms with E-state index in [4.69, 9.17) is 9.15 Å². The van der Waals surface area contributed by atoms with Crippen molar-refractivity contribution in [3.8, 4) is 0 Å². The monoisotopic (exact) mass is 491 g/mol. The maximum absolute atomic E-state index is 12.6. The maximum atomic E-state index is 12.6. The van der Waals surface area contributed by atoms with Crippen molar-refractivity contribution >= 4 is 32.6 Å². The second-order valence-corrected chi connectivity index (χ2v) is 10.2. The molecule has 1 heterocycles. The molecule has 180 valence electrons. The van der Waals surface area contributed by atoms with Crippen molar-refractivity contribution in [2.24, 2.45) is 0 Å². The fourth-order valence-corrected chi connectivity index (χ4v) is 4.91. The molecule has 0 fully saturated rings. The molecule has 0 amide bonds. The number of para-hydroxylation sites is 1. The summed E-state index contributed by atoms with van der Waals surface area (Å²) in [7, 11) is -3.80. The Morgan fingerprint density at radius 1 is 1.00 bits per heavy atom. The maximum Gasteiger partial charge on any atom is 0.338 e. The summed E-state index contributed by atoms with van der Waals surface area (Å²) >= 11 is 0. The Hall–Kier alpha value is -3.91. The molecule has 0 spiro atoms. The molecule has 4 rings (SSSR count). The summed E-state index contributed by atoms with van der Waals surface area (Å²) in [5.74, 6) is -0.365. The van der Waals surface area contributed by atoms with Crippen LogP contribution in [0.1, 0.15) is 46.8 Å². The first-order valence-electron chi connectivity index (χ1n) is 11.1. The molecule has 0 bridgehead atoms. The lowest BCUT2D eigenvalue weighted by Gasteiger charge is -2.13. The number of nitrogens with one attached hydrogen (secondary N) is 1. The molecule has 0 unspecified atom stereocenters. The smallest absolute Gasteiger partial charge is 0.338 e. The molecule has 0 saturated carbocycles. The lowest BCUT2D eigenvalue weighted by Crippen LogP contribution is -2.13. The van der Waals surface area contributed by atoms with E-state index in [0.717, 1.165) is 11.1 Å². The summed E-state index contributed by atoms with van der Waals surface area (Å²) in [4.78, 5) is 24.7. The van der Waals surface area contributed by atoms with Gasteiger partial charge < -0.3 is 9.15 Å². The zero-order chi connectivity index (χ0) is 25.2. The molecule has 0 aliphatic carbocycles. The van der Waals surface area contributed by atoms with Crippen molar-refractivity contribution in [3.05, 3.63) is 105 Å². The molecule has 3 aromatic carbocycles. The van der Waals surface area contributed by atoms with E-state index in [1.54, 1.807) is 30.3 Å². The van der Waals surface area contributed by atoms with Crippen molar-refractivity contribution in [1.82, 2.24) is 0 Å². The topological polar surface area (TPSA) is 103 Å². The summed E-state index contributed by atoms with van der Waals surface area (Å²) in [6.45, 7) is 5.98. The third kappa shape index (κ3) is 5.44. The fourth-order valence-electron chi connectivity index (χ4n) is 3.85. The van der Waals surface area contributed by atoms with Crippen LogP contribution in [0.4, 0.5) is 5.69 Å². The van der Waals surface area contributed by atoms with Gasteiger partial charge in [-0.15, -0.1) is 0 Å². The molecule has 0 saturated heterocycles. The van der Waals surface area contributed by atoms with Gasteiger partial charge in [-0.1, -0.05) is 32.0 Å². The number of ether oxygens (including phenoxy) is 1. The minimum Gasteiger partial charge on any atom is -0.457 e. The molecule has 1 N–H and O–H groups in total. The minimum absolute atomic E-state index is 0.0150. The van der Waals surface area contributed by atoms with E-state index in [1.807, 2.05) is 19.1 Å². The lowest BCUT2D eigenvalue weighted by atomic mass is 9.95. The van der Waals surface area contributed by atoms with Gasteiger partial charge in [-0.25, -0.2) is 18.0 Å². The highest BCUT2D eigenvalue weighted by Gasteiger charge is 2.17. The summed E-state index contributed by atoms with van der Waals surface area (Å²) in [6, 6.07) is 19.1. The van der Waals surface area contributed by atoms with Crippen LogP contribution in [0.25, 0.3) is 11.0 Å². The highest BCUT2D eigenvalue weighted by molar-refractivity contribution is 7.92. The van der Waals surface area contributed by atoms with Crippen LogP contribution in [-0.4, -0.2) is 14.4 Å². The van der Waals surface area contributed by atoms with Gasteiger partial charge in [0.15, 0.2) is 0 Å². The molecule has 0 radical (unpaired) electrons. The van der Waals surface area contributed by atoms with Crippen LogP contribution >= 0.6 is 0 Å². The quantitative estimate of drug-likeness (QED) is 0.275. The molecule has 0 aliphatic rings. The molecular weight excluding hydrogens is 466 g/mol. The summed E-state index contributed by atoms with van der Waals surface area (Å²) < 4.78 is 38.4. The van der Waals surface area contributed by atoms with Crippen LogP contribution in [0.3, 0.4) is 0 Å². The van der Waals surface area contributed by atoms with Crippen LogP contribution in [0.2, 0.25) is 0 Å². The van der Waals surface area contributed by atoms with Crippen molar-refractivity contribution in [2.75, 3.05) is 4.72 Å². The zero-order valence-electron chi connectivity index (χ0n) is 19.6. The number of carbonyl (C=O) groups excluding carboxylic acids is 1. The van der Waals surface area contributed by atoms with E-state index in [2.05, 4.69) is 18.6 Å². The van der Waals surface area contributed by atoms with Gasteiger partial charge in [-0.3, -0.25) is 4.72 Å². The number of benzene rings is 3. The first-order valence-corrected chi connectivity index (χ1v) is 12.5. The number of rotatable bonds is 7. The van der Waals surface area contributed by atoms with E-state index < -0.39 is 21.6 Å². The van der Waals surface area contributed by atoms with Crippen LogP contribution in [0, 0.1) is 6.92 Å². The highest BCUT2D eigenvalue weighted by Crippen LogP contribution is 2.27. The van der Waals surface area contributed by atoms with Gasteiger partial charge in [0, 0.05) is 22.7 Å². The molecule has 4 aromatic rings. The van der Waals surface area contributed by atoms with Crippen LogP contribution in [-0.2, 0) is 21.4 Å². The Balaban J connectivity index is 1.52.